The molecule has 0 bridgehead atoms. The van der Waals surface area contributed by atoms with Crippen LogP contribution in [0.4, 0.5) is 4.39 Å². The van der Waals surface area contributed by atoms with Gasteiger partial charge in [-0.1, -0.05) is 41.2 Å². The van der Waals surface area contributed by atoms with Crippen LogP contribution in [0.5, 0.6) is 5.75 Å². The van der Waals surface area contributed by atoms with E-state index < -0.39 is 0 Å². The number of allylic oxidation sites excluding steroid dienone is 2. The fraction of sp³-hybridized carbons (Fsp3) is 0.292. The fourth-order valence-electron chi connectivity index (χ4n) is 2.72. The van der Waals surface area contributed by atoms with Gasteiger partial charge in [0.15, 0.2) is 11.6 Å². The van der Waals surface area contributed by atoms with Crippen molar-refractivity contribution in [2.45, 2.75) is 45.6 Å². The van der Waals surface area contributed by atoms with Gasteiger partial charge < -0.3 is 4.74 Å². The third-order valence-electron chi connectivity index (χ3n) is 4.39. The lowest BCUT2D eigenvalue weighted by atomic mass is 10.1. The summed E-state index contributed by atoms with van der Waals surface area (Å²) in [5.74, 6) is 6.01. The quantitative estimate of drug-likeness (QED) is 0.440. The van der Waals surface area contributed by atoms with Crippen LogP contribution in [0.1, 0.15) is 49.3 Å². The fourth-order valence-corrected chi connectivity index (χ4v) is 2.72. The molecule has 0 saturated heterocycles. The van der Waals surface area contributed by atoms with Crippen LogP contribution in [0, 0.1) is 31.0 Å². The molecular weight excluding hydrogens is 323 g/mol. The Morgan fingerprint density at radius 1 is 1.00 bits per heavy atom. The summed E-state index contributed by atoms with van der Waals surface area (Å²) in [7, 11) is 0. The SMILES string of the molecule is Cc1ccc(C#Cc2ccc(OC(C)CCCCC3=C[CH]3)c(F)c2)cc1. The Morgan fingerprint density at radius 2 is 1.69 bits per heavy atom. The van der Waals surface area contributed by atoms with Crippen LogP contribution in [0.3, 0.4) is 0 Å². The standard InChI is InChI=1S/C24H24FO/c1-18-7-9-21(10-8-18)13-14-22-15-16-24(23(25)17-22)26-19(2)5-3-4-6-20-11-12-20/h7-12,15-17,19H,3-6H2,1-2H3. The molecule has 0 N–H and O–H groups in total. The Kier molecular flexibility index (Phi) is 6.12. The van der Waals surface area contributed by atoms with Crippen molar-refractivity contribution < 1.29 is 9.13 Å². The van der Waals surface area contributed by atoms with Crippen LogP contribution in [0.15, 0.2) is 54.1 Å². The van der Waals surface area contributed by atoms with E-state index in [1.54, 1.807) is 6.07 Å². The first kappa shape index (κ1) is 18.3. The highest BCUT2D eigenvalue weighted by Crippen LogP contribution is 2.24. The minimum atomic E-state index is -0.356. The van der Waals surface area contributed by atoms with E-state index in [1.165, 1.54) is 17.2 Å². The summed E-state index contributed by atoms with van der Waals surface area (Å²) in [5, 5.41) is 0. The molecule has 0 amide bonds. The zero-order valence-electron chi connectivity index (χ0n) is 15.4. The molecule has 1 radical (unpaired) electrons. The molecule has 26 heavy (non-hydrogen) atoms. The van der Waals surface area contributed by atoms with Gasteiger partial charge in [0.05, 0.1) is 6.10 Å². The lowest BCUT2D eigenvalue weighted by molar-refractivity contribution is 0.198. The largest absolute Gasteiger partial charge is 0.488 e. The second-order valence-electron chi connectivity index (χ2n) is 6.84. The highest BCUT2D eigenvalue weighted by Gasteiger charge is 2.10. The summed E-state index contributed by atoms with van der Waals surface area (Å²) in [5.41, 5.74) is 4.22. The van der Waals surface area contributed by atoms with E-state index in [9.17, 15) is 4.39 Å². The maximum Gasteiger partial charge on any atom is 0.166 e. The Morgan fingerprint density at radius 3 is 2.38 bits per heavy atom. The Bertz CT molecular complexity index is 837. The number of rotatable bonds is 7. The number of ether oxygens (including phenoxy) is 1. The van der Waals surface area contributed by atoms with Crippen molar-refractivity contribution in [2.24, 2.45) is 0 Å². The van der Waals surface area contributed by atoms with Gasteiger partial charge in [0.2, 0.25) is 0 Å². The number of benzene rings is 2. The van der Waals surface area contributed by atoms with Gasteiger partial charge in [-0.3, -0.25) is 0 Å². The first-order chi connectivity index (χ1) is 12.6. The molecule has 1 aliphatic carbocycles. The zero-order chi connectivity index (χ0) is 18.4. The normalized spacial score (nSPS) is 13.4. The van der Waals surface area contributed by atoms with E-state index in [4.69, 9.17) is 4.74 Å². The van der Waals surface area contributed by atoms with Crippen molar-refractivity contribution in [3.05, 3.63) is 83.0 Å². The third-order valence-corrected chi connectivity index (χ3v) is 4.39. The van der Waals surface area contributed by atoms with Crippen LogP contribution in [-0.4, -0.2) is 6.10 Å². The second-order valence-corrected chi connectivity index (χ2v) is 6.84. The number of halogens is 1. The molecule has 0 aromatic heterocycles. The molecule has 0 fully saturated rings. The van der Waals surface area contributed by atoms with E-state index in [1.807, 2.05) is 44.2 Å². The van der Waals surface area contributed by atoms with E-state index in [-0.39, 0.29) is 11.9 Å². The monoisotopic (exact) mass is 347 g/mol. The summed E-state index contributed by atoms with van der Waals surface area (Å²) in [6.45, 7) is 4.03. The molecular formula is C24H24FO. The summed E-state index contributed by atoms with van der Waals surface area (Å²) in [4.78, 5) is 0. The minimum Gasteiger partial charge on any atom is -0.488 e. The molecule has 0 aliphatic heterocycles. The van der Waals surface area contributed by atoms with Crippen molar-refractivity contribution >= 4 is 0 Å². The van der Waals surface area contributed by atoms with Crippen LogP contribution in [0.2, 0.25) is 0 Å². The maximum atomic E-state index is 14.3. The molecule has 1 nitrogen and oxygen atoms in total. The number of hydrogen-bond acceptors (Lipinski definition) is 1. The van der Waals surface area contributed by atoms with Gasteiger partial charge in [-0.05, 0) is 69.9 Å². The van der Waals surface area contributed by atoms with Gasteiger partial charge in [0.1, 0.15) is 0 Å². The second kappa shape index (κ2) is 8.72. The Labute approximate surface area is 155 Å². The molecule has 0 heterocycles. The van der Waals surface area contributed by atoms with Gasteiger partial charge >= 0.3 is 0 Å². The molecule has 1 aliphatic rings. The van der Waals surface area contributed by atoms with Crippen LogP contribution < -0.4 is 4.74 Å². The zero-order valence-corrected chi connectivity index (χ0v) is 15.4. The highest BCUT2D eigenvalue weighted by molar-refractivity contribution is 5.45. The summed E-state index contributed by atoms with van der Waals surface area (Å²) in [6, 6.07) is 12.9. The van der Waals surface area contributed by atoms with Crippen LogP contribution in [0.25, 0.3) is 0 Å². The summed E-state index contributed by atoms with van der Waals surface area (Å²) in [6.07, 6.45) is 8.64. The first-order valence-electron chi connectivity index (χ1n) is 9.19. The van der Waals surface area contributed by atoms with Gasteiger partial charge in [0, 0.05) is 17.5 Å². The summed E-state index contributed by atoms with van der Waals surface area (Å²) < 4.78 is 20.0. The number of aryl methyl sites for hydroxylation is 1. The number of hydrogen-bond donors (Lipinski definition) is 0. The van der Waals surface area contributed by atoms with Gasteiger partial charge in [-0.15, -0.1) is 0 Å². The molecule has 0 spiro atoms. The minimum absolute atomic E-state index is 0.00570. The van der Waals surface area contributed by atoms with Crippen molar-refractivity contribution in [1.29, 1.82) is 0 Å². The average molecular weight is 347 g/mol. The lowest BCUT2D eigenvalue weighted by Gasteiger charge is -2.15. The maximum absolute atomic E-state index is 14.3. The van der Waals surface area contributed by atoms with E-state index in [2.05, 4.69) is 24.3 Å². The molecule has 2 aromatic carbocycles. The van der Waals surface area contributed by atoms with Gasteiger partial charge in [-0.25, -0.2) is 4.39 Å². The predicted octanol–water partition coefficient (Wildman–Crippen LogP) is 6.01. The third kappa shape index (κ3) is 5.77. The van der Waals surface area contributed by atoms with Gasteiger partial charge in [0.25, 0.3) is 0 Å². The van der Waals surface area contributed by atoms with Gasteiger partial charge in [-0.2, -0.15) is 0 Å². The van der Waals surface area contributed by atoms with Crippen LogP contribution >= 0.6 is 0 Å². The molecule has 0 saturated carbocycles. The number of unbranched alkanes of at least 4 members (excludes halogenated alkanes) is 1. The van der Waals surface area contributed by atoms with Crippen molar-refractivity contribution in [1.82, 2.24) is 0 Å². The molecule has 133 valence electrons. The molecule has 1 atom stereocenters. The Hall–Kier alpha value is -2.53. The predicted molar refractivity (Wildman–Crippen MR) is 105 cm³/mol. The van der Waals surface area contributed by atoms with E-state index >= 15 is 0 Å². The van der Waals surface area contributed by atoms with Crippen molar-refractivity contribution in [2.75, 3.05) is 0 Å². The molecule has 3 rings (SSSR count). The molecule has 1 unspecified atom stereocenters. The highest BCUT2D eigenvalue weighted by atomic mass is 19.1. The van der Waals surface area contributed by atoms with Crippen LogP contribution in [-0.2, 0) is 0 Å². The average Bonchev–Trinajstić information content (AvgIpc) is 3.45. The summed E-state index contributed by atoms with van der Waals surface area (Å²) >= 11 is 0. The first-order valence-corrected chi connectivity index (χ1v) is 9.19. The van der Waals surface area contributed by atoms with E-state index in [0.29, 0.717) is 11.3 Å². The van der Waals surface area contributed by atoms with E-state index in [0.717, 1.165) is 31.2 Å². The molecule has 2 heteroatoms. The molecule has 2 aromatic rings. The topological polar surface area (TPSA) is 9.23 Å². The Balaban J connectivity index is 1.53. The smallest absolute Gasteiger partial charge is 0.166 e. The van der Waals surface area contributed by atoms with Crippen molar-refractivity contribution in [3.63, 3.8) is 0 Å². The lowest BCUT2D eigenvalue weighted by Crippen LogP contribution is -2.12. The van der Waals surface area contributed by atoms with Crippen molar-refractivity contribution in [3.8, 4) is 17.6 Å².